The van der Waals surface area contributed by atoms with Gasteiger partial charge >= 0.3 is 6.18 Å². The molecule has 0 bridgehead atoms. The molecule has 0 atom stereocenters. The summed E-state index contributed by atoms with van der Waals surface area (Å²) in [6.45, 7) is 5.55. The van der Waals surface area contributed by atoms with E-state index in [1.807, 2.05) is 15.3 Å². The maximum Gasteiger partial charge on any atom is 0.449 e. The van der Waals surface area contributed by atoms with E-state index in [4.69, 9.17) is 0 Å². The van der Waals surface area contributed by atoms with Crippen molar-refractivity contribution in [2.24, 2.45) is 0 Å². The molecule has 1 aliphatic rings. The van der Waals surface area contributed by atoms with Gasteiger partial charge in [0.2, 0.25) is 5.82 Å². The van der Waals surface area contributed by atoms with E-state index in [1.54, 1.807) is 11.3 Å². The fourth-order valence-corrected chi connectivity index (χ4v) is 3.47. The number of rotatable bonds is 3. The Morgan fingerprint density at radius 2 is 2.12 bits per heavy atom. The van der Waals surface area contributed by atoms with Crippen molar-refractivity contribution in [2.45, 2.75) is 45.5 Å². The summed E-state index contributed by atoms with van der Waals surface area (Å²) in [5.41, 5.74) is 0.763. The summed E-state index contributed by atoms with van der Waals surface area (Å²) in [7, 11) is 0. The van der Waals surface area contributed by atoms with Gasteiger partial charge in [0.1, 0.15) is 0 Å². The van der Waals surface area contributed by atoms with Crippen LogP contribution >= 0.6 is 11.3 Å². The molecule has 0 saturated heterocycles. The molecule has 1 N–H and O–H groups in total. The highest BCUT2D eigenvalue weighted by molar-refractivity contribution is 7.09. The number of aromatic amines is 1. The maximum absolute atomic E-state index is 12.7. The topological polar surface area (TPSA) is 61.9 Å². The van der Waals surface area contributed by atoms with Gasteiger partial charge in [-0.05, 0) is 0 Å². The van der Waals surface area contributed by atoms with Crippen LogP contribution in [0.4, 0.5) is 13.2 Å². The summed E-state index contributed by atoms with van der Waals surface area (Å²) in [6.07, 6.45) is -4.32. The highest BCUT2D eigenvalue weighted by Crippen LogP contribution is 2.27. The Morgan fingerprint density at radius 1 is 1.38 bits per heavy atom. The molecule has 0 aliphatic carbocycles. The molecule has 9 heteroatoms. The van der Waals surface area contributed by atoms with Crippen LogP contribution in [0.5, 0.6) is 0 Å². The standard InChI is InChI=1S/C15H17F3N4OS/c1-8(2)13-19-9(7-24-13)5-22-4-3-11-10(6-22)12(23)21-14(20-11)15(16,17)18/h7-8H,3-6H2,1-2H3,(H,20,21,23). The van der Waals surface area contributed by atoms with Crippen molar-refractivity contribution in [3.63, 3.8) is 0 Å². The molecule has 0 unspecified atom stereocenters. The van der Waals surface area contributed by atoms with Crippen molar-refractivity contribution in [1.29, 1.82) is 0 Å². The van der Waals surface area contributed by atoms with E-state index in [0.717, 1.165) is 10.7 Å². The van der Waals surface area contributed by atoms with E-state index in [-0.39, 0.29) is 12.2 Å². The van der Waals surface area contributed by atoms with Crippen molar-refractivity contribution in [3.8, 4) is 0 Å². The van der Waals surface area contributed by atoms with Crippen molar-refractivity contribution in [1.82, 2.24) is 19.9 Å². The van der Waals surface area contributed by atoms with E-state index in [9.17, 15) is 18.0 Å². The molecular weight excluding hydrogens is 341 g/mol. The van der Waals surface area contributed by atoms with Crippen LogP contribution in [0.1, 0.15) is 47.5 Å². The number of aromatic nitrogens is 3. The zero-order chi connectivity index (χ0) is 17.5. The number of hydrogen-bond acceptors (Lipinski definition) is 5. The molecule has 0 amide bonds. The third-order valence-electron chi connectivity index (χ3n) is 3.87. The summed E-state index contributed by atoms with van der Waals surface area (Å²) in [6, 6.07) is 0. The first-order valence-corrected chi connectivity index (χ1v) is 8.48. The van der Waals surface area contributed by atoms with Gasteiger partial charge in [0.15, 0.2) is 0 Å². The minimum atomic E-state index is -4.64. The number of nitrogens with one attached hydrogen (secondary N) is 1. The van der Waals surface area contributed by atoms with Crippen LogP contribution < -0.4 is 5.56 Å². The molecule has 5 nitrogen and oxygen atoms in total. The van der Waals surface area contributed by atoms with E-state index >= 15 is 0 Å². The van der Waals surface area contributed by atoms with Crippen LogP contribution in [0.15, 0.2) is 10.2 Å². The smallest absolute Gasteiger partial charge is 0.303 e. The monoisotopic (exact) mass is 358 g/mol. The summed E-state index contributed by atoms with van der Waals surface area (Å²) in [5, 5.41) is 3.04. The van der Waals surface area contributed by atoms with Gasteiger partial charge in [0.25, 0.3) is 5.56 Å². The third-order valence-corrected chi connectivity index (χ3v) is 5.06. The molecular formula is C15H17F3N4OS. The van der Waals surface area contributed by atoms with Gasteiger partial charge < -0.3 is 4.98 Å². The molecule has 2 aromatic heterocycles. The van der Waals surface area contributed by atoms with Crippen LogP contribution in [0.25, 0.3) is 0 Å². The van der Waals surface area contributed by atoms with Crippen molar-refractivity contribution < 1.29 is 13.2 Å². The summed E-state index contributed by atoms with van der Waals surface area (Å²) in [4.78, 5) is 24.0. The van der Waals surface area contributed by atoms with Gasteiger partial charge in [-0.2, -0.15) is 13.2 Å². The Kier molecular flexibility index (Phi) is 4.48. The van der Waals surface area contributed by atoms with Gasteiger partial charge in [-0.15, -0.1) is 11.3 Å². The Balaban J connectivity index is 1.78. The normalized spacial score (nSPS) is 15.8. The van der Waals surface area contributed by atoms with Gasteiger partial charge in [-0.1, -0.05) is 13.8 Å². The number of halogens is 3. The quantitative estimate of drug-likeness (QED) is 0.916. The second-order valence-corrected chi connectivity index (χ2v) is 7.02. The van der Waals surface area contributed by atoms with Crippen LogP contribution in [0.3, 0.4) is 0 Å². The van der Waals surface area contributed by atoms with Gasteiger partial charge in [0, 0.05) is 37.4 Å². The minimum Gasteiger partial charge on any atom is -0.303 e. The van der Waals surface area contributed by atoms with Crippen LogP contribution in [0.2, 0.25) is 0 Å². The molecule has 130 valence electrons. The number of nitrogens with zero attached hydrogens (tertiary/aromatic N) is 3. The largest absolute Gasteiger partial charge is 0.449 e. The number of fused-ring (bicyclic) bond motifs is 1. The lowest BCUT2D eigenvalue weighted by Gasteiger charge is -2.27. The molecule has 1 aliphatic heterocycles. The highest BCUT2D eigenvalue weighted by Gasteiger charge is 2.36. The number of hydrogen-bond donors (Lipinski definition) is 1. The van der Waals surface area contributed by atoms with Crippen molar-refractivity contribution >= 4 is 11.3 Å². The molecule has 0 radical (unpaired) electrons. The van der Waals surface area contributed by atoms with Crippen LogP contribution in [-0.4, -0.2) is 26.4 Å². The predicted molar refractivity (Wildman–Crippen MR) is 83.9 cm³/mol. The van der Waals surface area contributed by atoms with Crippen LogP contribution in [-0.2, 0) is 25.7 Å². The predicted octanol–water partition coefficient (Wildman–Crippen LogP) is 2.93. The van der Waals surface area contributed by atoms with Gasteiger partial charge in [-0.25, -0.2) is 9.97 Å². The molecule has 0 saturated carbocycles. The Labute approximate surface area is 140 Å². The zero-order valence-electron chi connectivity index (χ0n) is 13.3. The van der Waals surface area contributed by atoms with E-state index < -0.39 is 17.6 Å². The number of thiazole rings is 1. The van der Waals surface area contributed by atoms with Crippen LogP contribution in [0, 0.1) is 0 Å². The summed E-state index contributed by atoms with van der Waals surface area (Å²) < 4.78 is 38.2. The summed E-state index contributed by atoms with van der Waals surface area (Å²) in [5.74, 6) is -0.862. The van der Waals surface area contributed by atoms with Crippen molar-refractivity contribution in [3.05, 3.63) is 43.5 Å². The average molecular weight is 358 g/mol. The molecule has 0 aromatic carbocycles. The first-order valence-electron chi connectivity index (χ1n) is 7.60. The maximum atomic E-state index is 12.7. The highest BCUT2D eigenvalue weighted by atomic mass is 32.1. The number of alkyl halides is 3. The lowest BCUT2D eigenvalue weighted by Crippen LogP contribution is -2.36. The van der Waals surface area contributed by atoms with Gasteiger partial charge in [0.05, 0.1) is 22.0 Å². The lowest BCUT2D eigenvalue weighted by molar-refractivity contribution is -0.145. The minimum absolute atomic E-state index is 0.239. The molecule has 2 aromatic rings. The molecule has 24 heavy (non-hydrogen) atoms. The number of H-pyrrole nitrogens is 1. The van der Waals surface area contributed by atoms with E-state index in [2.05, 4.69) is 23.8 Å². The Morgan fingerprint density at radius 3 is 2.75 bits per heavy atom. The SMILES string of the molecule is CC(C)c1nc(CN2CCc3nc(C(F)(F)F)[nH]c(=O)c3C2)cs1. The van der Waals surface area contributed by atoms with E-state index in [1.165, 1.54) is 0 Å². The Bertz CT molecular complexity index is 797. The molecule has 0 spiro atoms. The second-order valence-electron chi connectivity index (χ2n) is 6.13. The molecule has 3 rings (SSSR count). The van der Waals surface area contributed by atoms with Crippen molar-refractivity contribution in [2.75, 3.05) is 6.54 Å². The first kappa shape index (κ1) is 17.1. The molecule has 3 heterocycles. The average Bonchev–Trinajstić information content (AvgIpc) is 2.95. The van der Waals surface area contributed by atoms with Gasteiger partial charge in [-0.3, -0.25) is 9.69 Å². The Hall–Kier alpha value is -1.74. The molecule has 0 fully saturated rings. The van der Waals surface area contributed by atoms with E-state index in [0.29, 0.717) is 31.0 Å². The third kappa shape index (κ3) is 3.51. The first-order chi connectivity index (χ1) is 11.2. The fraction of sp³-hybridized carbons (Fsp3) is 0.533. The fourth-order valence-electron chi connectivity index (χ4n) is 2.64. The zero-order valence-corrected chi connectivity index (χ0v) is 14.1. The lowest BCUT2D eigenvalue weighted by atomic mass is 10.1. The summed E-state index contributed by atoms with van der Waals surface area (Å²) >= 11 is 1.60. The second kappa shape index (κ2) is 6.29.